The van der Waals surface area contributed by atoms with Gasteiger partial charge in [0.25, 0.3) is 0 Å². The van der Waals surface area contributed by atoms with E-state index in [2.05, 4.69) is 46.6 Å². The summed E-state index contributed by atoms with van der Waals surface area (Å²) < 4.78 is 6.29. The molecule has 0 spiro atoms. The van der Waals surface area contributed by atoms with Crippen LogP contribution >= 0.6 is 15.9 Å². The van der Waals surface area contributed by atoms with E-state index < -0.39 is 0 Å². The first-order chi connectivity index (χ1) is 9.02. The molecule has 1 fully saturated rings. The van der Waals surface area contributed by atoms with Crippen LogP contribution in [0.1, 0.15) is 26.3 Å². The van der Waals surface area contributed by atoms with Crippen LogP contribution in [-0.4, -0.2) is 35.9 Å². The van der Waals surface area contributed by atoms with E-state index in [-0.39, 0.29) is 11.9 Å². The first-order valence-corrected chi connectivity index (χ1v) is 7.57. The maximum Gasteiger partial charge on any atom is 0.150 e. The van der Waals surface area contributed by atoms with Crippen molar-refractivity contribution in [3.8, 4) is 5.75 Å². The average molecular weight is 329 g/mol. The van der Waals surface area contributed by atoms with Gasteiger partial charge < -0.3 is 14.7 Å². The third kappa shape index (κ3) is 3.20. The first-order valence-electron chi connectivity index (χ1n) is 6.77. The summed E-state index contributed by atoms with van der Waals surface area (Å²) in [5, 5.41) is 9.74. The highest BCUT2D eigenvalue weighted by molar-refractivity contribution is 9.10. The van der Waals surface area contributed by atoms with Crippen molar-refractivity contribution in [3.63, 3.8) is 0 Å². The molecule has 0 bridgehead atoms. The normalized spacial score (nSPS) is 20.1. The Morgan fingerprint density at radius 3 is 2.95 bits per heavy atom. The molecule has 5 heteroatoms. The number of anilines is 1. The lowest BCUT2D eigenvalue weighted by Crippen LogP contribution is -2.45. The van der Waals surface area contributed by atoms with Gasteiger partial charge >= 0.3 is 0 Å². The molecule has 0 aliphatic carbocycles. The molecule has 0 saturated carbocycles. The fraction of sp³-hybridized carbons (Fsp3) is 0.643. The van der Waals surface area contributed by atoms with E-state index in [1.807, 2.05) is 0 Å². The van der Waals surface area contributed by atoms with E-state index >= 15 is 0 Å². The zero-order valence-corrected chi connectivity index (χ0v) is 13.3. The quantitative estimate of drug-likeness (QED) is 0.866. The zero-order chi connectivity index (χ0) is 14.0. The molecular weight excluding hydrogens is 308 g/mol. The number of aromatic nitrogens is 1. The Kier molecular flexibility index (Phi) is 4.68. The number of pyridine rings is 1. The van der Waals surface area contributed by atoms with Crippen molar-refractivity contribution in [3.05, 3.63) is 16.2 Å². The molecule has 1 N–H and O–H groups in total. The van der Waals surface area contributed by atoms with Gasteiger partial charge in [-0.05, 0) is 39.9 Å². The number of aryl methyl sites for hydroxylation is 1. The highest BCUT2D eigenvalue weighted by Crippen LogP contribution is 2.30. The largest absolute Gasteiger partial charge is 0.505 e. The maximum absolute atomic E-state index is 9.74. The zero-order valence-electron chi connectivity index (χ0n) is 11.7. The van der Waals surface area contributed by atoms with Crippen LogP contribution in [0.4, 0.5) is 5.82 Å². The highest BCUT2D eigenvalue weighted by Gasteiger charge is 2.25. The summed E-state index contributed by atoms with van der Waals surface area (Å²) in [6, 6.07) is 1.80. The lowest BCUT2D eigenvalue weighted by Gasteiger charge is -2.36. The Labute approximate surface area is 122 Å². The Hall–Kier alpha value is -0.810. The molecule has 1 atom stereocenters. The van der Waals surface area contributed by atoms with Crippen molar-refractivity contribution in [2.75, 3.05) is 24.6 Å². The molecule has 1 aromatic heterocycles. The monoisotopic (exact) mass is 328 g/mol. The van der Waals surface area contributed by atoms with E-state index in [4.69, 9.17) is 4.74 Å². The standard InChI is InChI=1S/C14H21BrN2O2/c1-4-10-7-11(18)13(15)16-14(10)17-5-6-19-12(8-17)9(2)3/h7,9,12,18H,4-6,8H2,1-3H3. The molecule has 0 amide bonds. The van der Waals surface area contributed by atoms with Gasteiger partial charge in [-0.2, -0.15) is 0 Å². The Morgan fingerprint density at radius 1 is 1.58 bits per heavy atom. The molecular formula is C14H21BrN2O2. The number of hydrogen-bond acceptors (Lipinski definition) is 4. The van der Waals surface area contributed by atoms with Crippen LogP contribution in [0.5, 0.6) is 5.75 Å². The summed E-state index contributed by atoms with van der Waals surface area (Å²) in [5.74, 6) is 1.66. The maximum atomic E-state index is 9.74. The molecule has 2 heterocycles. The van der Waals surface area contributed by atoms with Crippen LogP contribution in [0.15, 0.2) is 10.7 Å². The van der Waals surface area contributed by atoms with Gasteiger partial charge in [0.2, 0.25) is 0 Å². The van der Waals surface area contributed by atoms with E-state index in [9.17, 15) is 5.11 Å². The van der Waals surface area contributed by atoms with Crippen LogP contribution in [0.25, 0.3) is 0 Å². The molecule has 0 aromatic carbocycles. The molecule has 0 radical (unpaired) electrons. The minimum absolute atomic E-state index is 0.203. The summed E-state index contributed by atoms with van der Waals surface area (Å²) in [6.07, 6.45) is 1.10. The summed E-state index contributed by atoms with van der Waals surface area (Å²) in [6.45, 7) is 8.86. The second-order valence-corrected chi connectivity index (χ2v) is 5.99. The van der Waals surface area contributed by atoms with Crippen molar-refractivity contribution < 1.29 is 9.84 Å². The smallest absolute Gasteiger partial charge is 0.150 e. The Morgan fingerprint density at radius 2 is 2.32 bits per heavy atom. The van der Waals surface area contributed by atoms with Gasteiger partial charge in [-0.15, -0.1) is 0 Å². The highest BCUT2D eigenvalue weighted by atomic mass is 79.9. The molecule has 19 heavy (non-hydrogen) atoms. The number of morpholine rings is 1. The predicted octanol–water partition coefficient (Wildman–Crippen LogP) is 2.97. The van der Waals surface area contributed by atoms with Crippen LogP contribution in [0.2, 0.25) is 0 Å². The number of hydrogen-bond donors (Lipinski definition) is 1. The van der Waals surface area contributed by atoms with Crippen LogP contribution in [0, 0.1) is 5.92 Å². The molecule has 1 saturated heterocycles. The van der Waals surface area contributed by atoms with Crippen LogP contribution < -0.4 is 4.90 Å². The molecule has 2 rings (SSSR count). The number of ether oxygens (including phenoxy) is 1. The second-order valence-electron chi connectivity index (χ2n) is 5.23. The Balaban J connectivity index is 2.27. The number of halogens is 1. The van der Waals surface area contributed by atoms with Crippen molar-refractivity contribution in [2.24, 2.45) is 5.92 Å². The number of rotatable bonds is 3. The molecule has 1 unspecified atom stereocenters. The summed E-state index contributed by atoms with van der Waals surface area (Å²) in [7, 11) is 0. The van der Waals surface area contributed by atoms with E-state index in [0.29, 0.717) is 10.5 Å². The first kappa shape index (κ1) is 14.6. The third-order valence-corrected chi connectivity index (χ3v) is 4.11. The van der Waals surface area contributed by atoms with Crippen molar-refractivity contribution >= 4 is 21.7 Å². The molecule has 106 valence electrons. The Bertz CT molecular complexity index is 451. The van der Waals surface area contributed by atoms with Gasteiger partial charge in [0, 0.05) is 13.1 Å². The number of aromatic hydroxyl groups is 1. The van der Waals surface area contributed by atoms with Crippen molar-refractivity contribution in [2.45, 2.75) is 33.3 Å². The number of nitrogens with zero attached hydrogens (tertiary/aromatic N) is 2. The predicted molar refractivity (Wildman–Crippen MR) is 79.8 cm³/mol. The summed E-state index contributed by atoms with van der Waals surface area (Å²) in [4.78, 5) is 6.76. The SMILES string of the molecule is CCc1cc(O)c(Br)nc1N1CCOC(C(C)C)C1. The van der Waals surface area contributed by atoms with Crippen LogP contribution in [-0.2, 0) is 11.2 Å². The topological polar surface area (TPSA) is 45.6 Å². The third-order valence-electron chi connectivity index (χ3n) is 3.53. The van der Waals surface area contributed by atoms with Gasteiger partial charge in [-0.1, -0.05) is 20.8 Å². The van der Waals surface area contributed by atoms with E-state index in [1.54, 1.807) is 6.07 Å². The second kappa shape index (κ2) is 6.09. The van der Waals surface area contributed by atoms with Crippen LogP contribution in [0.3, 0.4) is 0 Å². The van der Waals surface area contributed by atoms with Gasteiger partial charge in [0.1, 0.15) is 16.2 Å². The van der Waals surface area contributed by atoms with E-state index in [1.165, 1.54) is 0 Å². The molecule has 1 aliphatic rings. The fourth-order valence-electron chi connectivity index (χ4n) is 2.32. The summed E-state index contributed by atoms with van der Waals surface area (Å²) in [5.41, 5.74) is 1.07. The van der Waals surface area contributed by atoms with E-state index in [0.717, 1.165) is 37.5 Å². The fourth-order valence-corrected chi connectivity index (χ4v) is 2.60. The average Bonchev–Trinajstić information content (AvgIpc) is 2.41. The van der Waals surface area contributed by atoms with Gasteiger partial charge in [0.05, 0.1) is 12.7 Å². The van der Waals surface area contributed by atoms with Gasteiger partial charge in [-0.3, -0.25) is 0 Å². The minimum Gasteiger partial charge on any atom is -0.505 e. The molecule has 4 nitrogen and oxygen atoms in total. The lowest BCUT2D eigenvalue weighted by molar-refractivity contribution is 0.0111. The summed E-state index contributed by atoms with van der Waals surface area (Å²) >= 11 is 3.30. The van der Waals surface area contributed by atoms with Gasteiger partial charge in [0.15, 0.2) is 0 Å². The lowest BCUT2D eigenvalue weighted by atomic mass is 10.0. The van der Waals surface area contributed by atoms with Gasteiger partial charge in [-0.25, -0.2) is 4.98 Å². The van der Waals surface area contributed by atoms with Crippen molar-refractivity contribution in [1.29, 1.82) is 0 Å². The molecule has 1 aromatic rings. The molecule has 1 aliphatic heterocycles. The van der Waals surface area contributed by atoms with Crippen molar-refractivity contribution in [1.82, 2.24) is 4.98 Å². The minimum atomic E-state index is 0.203.